The Morgan fingerprint density at radius 2 is 1.90 bits per heavy atom. The minimum absolute atomic E-state index is 0.0601. The molecule has 0 fully saturated rings. The van der Waals surface area contributed by atoms with E-state index in [-0.39, 0.29) is 18.4 Å². The molecule has 1 rings (SSSR count). The minimum atomic E-state index is -0.929. The smallest absolute Gasteiger partial charge is 0.227 e. The first kappa shape index (κ1) is 16.9. The van der Waals surface area contributed by atoms with Crippen LogP contribution in [0.4, 0.5) is 8.78 Å². The van der Waals surface area contributed by atoms with Crippen molar-refractivity contribution in [1.82, 2.24) is 4.90 Å². The van der Waals surface area contributed by atoms with Gasteiger partial charge in [-0.05, 0) is 30.5 Å². The van der Waals surface area contributed by atoms with E-state index in [4.69, 9.17) is 11.6 Å². The van der Waals surface area contributed by atoms with Crippen molar-refractivity contribution in [3.8, 4) is 0 Å². The van der Waals surface area contributed by atoms with Gasteiger partial charge in [-0.2, -0.15) is 0 Å². The number of nitrogens with zero attached hydrogens (tertiary/aromatic N) is 1. The number of carbonyl (C=O) groups is 1. The van der Waals surface area contributed by atoms with Gasteiger partial charge in [0.05, 0.1) is 6.42 Å². The molecule has 0 radical (unpaired) electrons. The predicted octanol–water partition coefficient (Wildman–Crippen LogP) is 3.76. The van der Waals surface area contributed by atoms with Crippen molar-refractivity contribution < 1.29 is 13.6 Å². The van der Waals surface area contributed by atoms with Crippen LogP contribution in [0, 0.1) is 11.6 Å². The molecule has 20 heavy (non-hydrogen) atoms. The first-order valence-electron chi connectivity index (χ1n) is 6.82. The lowest BCUT2D eigenvalue weighted by Gasteiger charge is -2.30. The number of hydrogen-bond acceptors (Lipinski definition) is 1. The molecule has 2 nitrogen and oxygen atoms in total. The van der Waals surface area contributed by atoms with Crippen molar-refractivity contribution in [2.75, 3.05) is 12.4 Å². The van der Waals surface area contributed by atoms with Crippen molar-refractivity contribution >= 4 is 17.5 Å². The lowest BCUT2D eigenvalue weighted by Crippen LogP contribution is -2.41. The van der Waals surface area contributed by atoms with Crippen LogP contribution in [0.2, 0.25) is 0 Å². The van der Waals surface area contributed by atoms with Crippen molar-refractivity contribution in [3.05, 3.63) is 35.4 Å². The summed E-state index contributed by atoms with van der Waals surface area (Å²) in [5.41, 5.74) is 0.472. The van der Waals surface area contributed by atoms with Gasteiger partial charge in [-0.15, -0.1) is 11.6 Å². The second-order valence-corrected chi connectivity index (χ2v) is 5.05. The molecule has 0 unspecified atom stereocenters. The Labute approximate surface area is 123 Å². The number of amides is 1. The van der Waals surface area contributed by atoms with Crippen LogP contribution in [-0.4, -0.2) is 29.3 Å². The van der Waals surface area contributed by atoms with Crippen LogP contribution in [0.1, 0.15) is 32.3 Å². The fraction of sp³-hybridized carbons (Fsp3) is 0.533. The average molecular weight is 304 g/mol. The molecule has 0 aliphatic heterocycles. The van der Waals surface area contributed by atoms with E-state index in [0.717, 1.165) is 25.0 Å². The first-order valence-corrected chi connectivity index (χ1v) is 7.36. The second-order valence-electron chi connectivity index (χ2n) is 4.67. The van der Waals surface area contributed by atoms with Gasteiger partial charge in [0.2, 0.25) is 5.91 Å². The van der Waals surface area contributed by atoms with Gasteiger partial charge in [-0.25, -0.2) is 8.78 Å². The summed E-state index contributed by atoms with van der Waals surface area (Å²) in [6.45, 7) is 4.50. The molecule has 0 saturated carbocycles. The molecule has 1 amide bonds. The third kappa shape index (κ3) is 4.44. The lowest BCUT2D eigenvalue weighted by molar-refractivity contribution is -0.132. The number of benzene rings is 1. The number of hydrogen-bond donors (Lipinski definition) is 0. The van der Waals surface area contributed by atoms with Crippen molar-refractivity contribution in [3.63, 3.8) is 0 Å². The summed E-state index contributed by atoms with van der Waals surface area (Å²) >= 11 is 5.74. The van der Waals surface area contributed by atoms with E-state index < -0.39 is 11.6 Å². The summed E-state index contributed by atoms with van der Waals surface area (Å²) < 4.78 is 26.0. The van der Waals surface area contributed by atoms with Gasteiger partial charge in [-0.1, -0.05) is 19.9 Å². The Morgan fingerprint density at radius 1 is 1.25 bits per heavy atom. The van der Waals surface area contributed by atoms with Crippen LogP contribution in [0.3, 0.4) is 0 Å². The summed E-state index contributed by atoms with van der Waals surface area (Å²) in [4.78, 5) is 14.0. The largest absolute Gasteiger partial charge is 0.338 e. The van der Waals surface area contributed by atoms with Gasteiger partial charge in [0.15, 0.2) is 11.6 Å². The maximum Gasteiger partial charge on any atom is 0.227 e. The Hall–Kier alpha value is -1.16. The third-order valence-corrected chi connectivity index (χ3v) is 3.54. The van der Waals surface area contributed by atoms with E-state index in [0.29, 0.717) is 18.0 Å². The van der Waals surface area contributed by atoms with E-state index in [9.17, 15) is 13.6 Å². The molecule has 0 atom stereocenters. The van der Waals surface area contributed by atoms with Crippen molar-refractivity contribution in [2.24, 2.45) is 0 Å². The van der Waals surface area contributed by atoms with Crippen LogP contribution in [0.5, 0.6) is 0 Å². The van der Waals surface area contributed by atoms with Crippen molar-refractivity contribution in [2.45, 2.75) is 39.2 Å². The topological polar surface area (TPSA) is 20.3 Å². The summed E-state index contributed by atoms with van der Waals surface area (Å²) in [5.74, 6) is -1.58. The fourth-order valence-corrected chi connectivity index (χ4v) is 2.44. The second kappa shape index (κ2) is 8.20. The number of carbonyl (C=O) groups excluding carboxylic acids is 1. The molecule has 0 saturated heterocycles. The monoisotopic (exact) mass is 303 g/mol. The highest BCUT2D eigenvalue weighted by molar-refractivity contribution is 6.18. The molecular weight excluding hydrogens is 284 g/mol. The van der Waals surface area contributed by atoms with Gasteiger partial charge in [0, 0.05) is 18.5 Å². The Balaban J connectivity index is 2.81. The maximum atomic E-state index is 13.1. The van der Waals surface area contributed by atoms with E-state index in [1.165, 1.54) is 6.07 Å². The third-order valence-electron chi connectivity index (χ3n) is 3.37. The van der Waals surface area contributed by atoms with Gasteiger partial charge < -0.3 is 4.90 Å². The maximum absolute atomic E-state index is 13.1. The molecule has 1 aromatic carbocycles. The minimum Gasteiger partial charge on any atom is -0.338 e. The molecule has 0 bridgehead atoms. The van der Waals surface area contributed by atoms with E-state index in [2.05, 4.69) is 0 Å². The first-order chi connectivity index (χ1) is 9.53. The van der Waals surface area contributed by atoms with Crippen LogP contribution >= 0.6 is 11.6 Å². The molecule has 5 heteroatoms. The van der Waals surface area contributed by atoms with Gasteiger partial charge in [0.1, 0.15) is 0 Å². The predicted molar refractivity (Wildman–Crippen MR) is 76.9 cm³/mol. The average Bonchev–Trinajstić information content (AvgIpc) is 2.43. The molecule has 0 spiro atoms. The zero-order valence-electron chi connectivity index (χ0n) is 11.8. The molecule has 0 aromatic heterocycles. The number of rotatable bonds is 7. The van der Waals surface area contributed by atoms with Gasteiger partial charge in [0.25, 0.3) is 0 Å². The zero-order chi connectivity index (χ0) is 15.1. The molecular formula is C15H20ClF2NO. The quantitative estimate of drug-likeness (QED) is 0.702. The Morgan fingerprint density at radius 3 is 2.40 bits per heavy atom. The van der Waals surface area contributed by atoms with Crippen molar-refractivity contribution in [1.29, 1.82) is 0 Å². The molecule has 0 aliphatic rings. The van der Waals surface area contributed by atoms with Gasteiger partial charge in [-0.3, -0.25) is 4.79 Å². The standard InChI is InChI=1S/C15H20ClF2NO/c1-3-12(4-2)19(8-7-16)15(20)10-11-5-6-13(17)14(18)9-11/h5-6,9,12H,3-4,7-8,10H2,1-2H3. The van der Waals surface area contributed by atoms with Crippen LogP contribution in [0.25, 0.3) is 0 Å². The van der Waals surface area contributed by atoms with E-state index in [1.807, 2.05) is 13.8 Å². The molecule has 112 valence electrons. The summed E-state index contributed by atoms with van der Waals surface area (Å²) in [6, 6.07) is 3.67. The molecule has 0 heterocycles. The zero-order valence-corrected chi connectivity index (χ0v) is 12.6. The Bertz CT molecular complexity index is 449. The van der Waals surface area contributed by atoms with E-state index in [1.54, 1.807) is 4.90 Å². The highest BCUT2D eigenvalue weighted by Gasteiger charge is 2.20. The summed E-state index contributed by atoms with van der Waals surface area (Å²) in [7, 11) is 0. The summed E-state index contributed by atoms with van der Waals surface area (Å²) in [5, 5.41) is 0. The van der Waals surface area contributed by atoms with Gasteiger partial charge >= 0.3 is 0 Å². The van der Waals surface area contributed by atoms with Crippen LogP contribution < -0.4 is 0 Å². The highest BCUT2D eigenvalue weighted by Crippen LogP contribution is 2.14. The van der Waals surface area contributed by atoms with E-state index >= 15 is 0 Å². The molecule has 0 aliphatic carbocycles. The highest BCUT2D eigenvalue weighted by atomic mass is 35.5. The Kier molecular flexibility index (Phi) is 6.93. The summed E-state index contributed by atoms with van der Waals surface area (Å²) in [6.07, 6.45) is 1.75. The lowest BCUT2D eigenvalue weighted by atomic mass is 10.1. The number of alkyl halides is 1. The molecule has 1 aromatic rings. The van der Waals surface area contributed by atoms with Crippen LogP contribution in [0.15, 0.2) is 18.2 Å². The SMILES string of the molecule is CCC(CC)N(CCCl)C(=O)Cc1ccc(F)c(F)c1. The number of halogens is 3. The molecule has 0 N–H and O–H groups in total. The fourth-order valence-electron chi connectivity index (χ4n) is 2.26. The van der Waals surface area contributed by atoms with Crippen LogP contribution in [-0.2, 0) is 11.2 Å². The normalized spacial score (nSPS) is 10.9.